The van der Waals surface area contributed by atoms with Crippen LogP contribution in [0.5, 0.6) is 5.75 Å². The molecule has 0 radical (unpaired) electrons. The summed E-state index contributed by atoms with van der Waals surface area (Å²) in [6.45, 7) is 2.11. The Morgan fingerprint density at radius 3 is 2.86 bits per heavy atom. The monoisotopic (exact) mass is 286 g/mol. The Kier molecular flexibility index (Phi) is 2.74. The summed E-state index contributed by atoms with van der Waals surface area (Å²) >= 11 is 0. The van der Waals surface area contributed by atoms with Crippen molar-refractivity contribution in [2.45, 2.75) is 51.0 Å². The van der Waals surface area contributed by atoms with Gasteiger partial charge in [-0.15, -0.1) is 0 Å². The van der Waals surface area contributed by atoms with Crippen LogP contribution in [0.25, 0.3) is 0 Å². The molecule has 1 aromatic carbocycles. The minimum atomic E-state index is -0.325. The zero-order valence-electron chi connectivity index (χ0n) is 12.4. The molecule has 0 aromatic heterocycles. The molecule has 3 nitrogen and oxygen atoms in total. The van der Waals surface area contributed by atoms with E-state index in [9.17, 15) is 15.0 Å². The van der Waals surface area contributed by atoms with Crippen LogP contribution in [0.3, 0.4) is 0 Å². The number of benzene rings is 1. The van der Waals surface area contributed by atoms with Gasteiger partial charge in [-0.05, 0) is 60.8 Å². The highest BCUT2D eigenvalue weighted by atomic mass is 16.3. The number of hydrogen-bond donors (Lipinski definition) is 2. The van der Waals surface area contributed by atoms with Crippen molar-refractivity contribution in [3.05, 3.63) is 29.3 Å². The Bertz CT molecular complexity index is 608. The Hall–Kier alpha value is -1.35. The fourth-order valence-corrected chi connectivity index (χ4v) is 5.36. The number of aromatic hydroxyl groups is 1. The summed E-state index contributed by atoms with van der Waals surface area (Å²) in [4.78, 5) is 12.8. The van der Waals surface area contributed by atoms with Gasteiger partial charge in [0.15, 0.2) is 0 Å². The molecule has 2 saturated carbocycles. The highest BCUT2D eigenvalue weighted by molar-refractivity contribution is 5.88. The number of hydrogen-bond acceptors (Lipinski definition) is 3. The van der Waals surface area contributed by atoms with Crippen LogP contribution >= 0.6 is 0 Å². The maximum atomic E-state index is 12.8. The molecular weight excluding hydrogens is 264 g/mol. The van der Waals surface area contributed by atoms with Crippen LogP contribution in [0.1, 0.15) is 49.7 Å². The summed E-state index contributed by atoms with van der Waals surface area (Å²) in [6, 6.07) is 5.45. The van der Waals surface area contributed by atoms with Crippen molar-refractivity contribution < 1.29 is 15.0 Å². The number of fused-ring (bicyclic) bond motifs is 5. The second-order valence-corrected chi connectivity index (χ2v) is 7.41. The topological polar surface area (TPSA) is 57.5 Å². The Labute approximate surface area is 125 Å². The lowest BCUT2D eigenvalue weighted by atomic mass is 9.55. The molecule has 3 aliphatic rings. The Balaban J connectivity index is 1.78. The summed E-state index contributed by atoms with van der Waals surface area (Å²) in [7, 11) is 0. The van der Waals surface area contributed by atoms with E-state index in [1.807, 2.05) is 12.1 Å². The van der Waals surface area contributed by atoms with E-state index >= 15 is 0 Å². The molecule has 1 aromatic rings. The minimum Gasteiger partial charge on any atom is -0.508 e. The molecule has 4 rings (SSSR count). The average Bonchev–Trinajstić information content (AvgIpc) is 2.74. The van der Waals surface area contributed by atoms with Crippen LogP contribution in [0.4, 0.5) is 0 Å². The molecule has 2 fully saturated rings. The lowest BCUT2D eigenvalue weighted by molar-refractivity contribution is -0.134. The zero-order chi connectivity index (χ0) is 14.8. The van der Waals surface area contributed by atoms with E-state index < -0.39 is 0 Å². The molecule has 2 N–H and O–H groups in total. The van der Waals surface area contributed by atoms with E-state index in [0.29, 0.717) is 18.3 Å². The highest BCUT2D eigenvalue weighted by Gasteiger charge is 2.57. The third-order valence-corrected chi connectivity index (χ3v) is 6.42. The Morgan fingerprint density at radius 2 is 2.05 bits per heavy atom. The first-order valence-electron chi connectivity index (χ1n) is 8.03. The molecule has 5 atom stereocenters. The van der Waals surface area contributed by atoms with Crippen LogP contribution in [0.15, 0.2) is 18.2 Å². The van der Waals surface area contributed by atoms with Gasteiger partial charge < -0.3 is 10.2 Å². The molecule has 0 heterocycles. The van der Waals surface area contributed by atoms with Crippen molar-refractivity contribution >= 4 is 5.78 Å². The molecule has 0 spiro atoms. The van der Waals surface area contributed by atoms with E-state index in [2.05, 4.69) is 6.92 Å². The van der Waals surface area contributed by atoms with Gasteiger partial charge in [0.2, 0.25) is 0 Å². The van der Waals surface area contributed by atoms with Crippen LogP contribution in [-0.4, -0.2) is 22.1 Å². The number of carbonyl (C=O) groups excluding carboxylic acids is 1. The standard InChI is InChI=1S/C18H22O3/c1-18-9-15(20)17-12-5-3-11(19)8-10(12)2-4-13(17)14(18)6-7-16(18)21/h3,5,8,13-14,16-17,19,21H,2,4,6-7,9H2,1H3/t13-,14-,16-,17-,18-/m0/s1. The number of phenols is 1. The highest BCUT2D eigenvalue weighted by Crippen LogP contribution is 2.59. The van der Waals surface area contributed by atoms with E-state index in [-0.39, 0.29) is 29.0 Å². The lowest BCUT2D eigenvalue weighted by Gasteiger charge is -2.49. The van der Waals surface area contributed by atoms with Gasteiger partial charge in [0.1, 0.15) is 11.5 Å². The molecule has 3 aliphatic carbocycles. The maximum absolute atomic E-state index is 12.8. The van der Waals surface area contributed by atoms with Crippen LogP contribution < -0.4 is 0 Å². The average molecular weight is 286 g/mol. The number of carbonyl (C=O) groups is 1. The third kappa shape index (κ3) is 1.73. The predicted octanol–water partition coefficient (Wildman–Crippen LogP) is 2.79. The Morgan fingerprint density at radius 1 is 1.24 bits per heavy atom. The smallest absolute Gasteiger partial charge is 0.141 e. The molecule has 0 bridgehead atoms. The number of Topliss-reactive ketones (excluding diaryl/α,β-unsaturated/α-hetero) is 1. The number of aliphatic hydroxyl groups is 1. The van der Waals surface area contributed by atoms with Crippen molar-refractivity contribution in [1.82, 2.24) is 0 Å². The summed E-state index contributed by atoms with van der Waals surface area (Å²) in [6.07, 6.45) is 3.98. The largest absolute Gasteiger partial charge is 0.508 e. The van der Waals surface area contributed by atoms with E-state index in [0.717, 1.165) is 36.8 Å². The number of rotatable bonds is 0. The molecule has 0 amide bonds. The zero-order valence-corrected chi connectivity index (χ0v) is 12.4. The van der Waals surface area contributed by atoms with Gasteiger partial charge in [0.05, 0.1) is 6.10 Å². The summed E-state index contributed by atoms with van der Waals surface area (Å²) < 4.78 is 0. The van der Waals surface area contributed by atoms with Gasteiger partial charge in [-0.2, -0.15) is 0 Å². The first-order valence-corrected chi connectivity index (χ1v) is 8.03. The SMILES string of the molecule is C[C@]12CC(=O)[C@H]3c4ccc(O)cc4CC[C@H]3[C@@H]1CC[C@@H]2O. The van der Waals surface area contributed by atoms with Gasteiger partial charge in [-0.25, -0.2) is 0 Å². The number of phenolic OH excluding ortho intramolecular Hbond substituents is 1. The fraction of sp³-hybridized carbons (Fsp3) is 0.611. The summed E-state index contributed by atoms with van der Waals surface area (Å²) in [5.41, 5.74) is 2.04. The molecule has 3 heteroatoms. The van der Waals surface area contributed by atoms with E-state index in [1.165, 1.54) is 0 Å². The first kappa shape index (κ1) is 13.3. The number of aliphatic hydroxyl groups excluding tert-OH is 1. The minimum absolute atomic E-state index is 0.0160. The summed E-state index contributed by atoms with van der Waals surface area (Å²) in [5.74, 6) is 1.38. The second kappa shape index (κ2) is 4.33. The molecule has 0 unspecified atom stereocenters. The quantitative estimate of drug-likeness (QED) is 0.771. The third-order valence-electron chi connectivity index (χ3n) is 6.42. The van der Waals surface area contributed by atoms with Crippen LogP contribution in [0, 0.1) is 17.3 Å². The molecule has 112 valence electrons. The fourth-order valence-electron chi connectivity index (χ4n) is 5.36. The van der Waals surface area contributed by atoms with Gasteiger partial charge in [-0.1, -0.05) is 13.0 Å². The summed E-state index contributed by atoms with van der Waals surface area (Å²) in [5, 5.41) is 20.0. The predicted molar refractivity (Wildman–Crippen MR) is 79.1 cm³/mol. The van der Waals surface area contributed by atoms with Crippen molar-refractivity contribution in [2.75, 3.05) is 0 Å². The van der Waals surface area contributed by atoms with Gasteiger partial charge in [0.25, 0.3) is 0 Å². The number of aryl methyl sites for hydroxylation is 1. The van der Waals surface area contributed by atoms with Crippen LogP contribution in [0.2, 0.25) is 0 Å². The molecule has 0 aliphatic heterocycles. The van der Waals surface area contributed by atoms with Crippen molar-refractivity contribution in [1.29, 1.82) is 0 Å². The van der Waals surface area contributed by atoms with Crippen LogP contribution in [-0.2, 0) is 11.2 Å². The van der Waals surface area contributed by atoms with Crippen molar-refractivity contribution in [3.8, 4) is 5.75 Å². The van der Waals surface area contributed by atoms with Gasteiger partial charge in [0, 0.05) is 17.8 Å². The molecular formula is C18H22O3. The van der Waals surface area contributed by atoms with Crippen molar-refractivity contribution in [2.24, 2.45) is 17.3 Å². The number of ketones is 1. The van der Waals surface area contributed by atoms with Crippen molar-refractivity contribution in [3.63, 3.8) is 0 Å². The maximum Gasteiger partial charge on any atom is 0.141 e. The lowest BCUT2D eigenvalue weighted by Crippen LogP contribution is -2.48. The molecule has 21 heavy (non-hydrogen) atoms. The molecule has 0 saturated heterocycles. The van der Waals surface area contributed by atoms with Gasteiger partial charge in [-0.3, -0.25) is 4.79 Å². The first-order chi connectivity index (χ1) is 10.0. The van der Waals surface area contributed by atoms with Gasteiger partial charge >= 0.3 is 0 Å². The normalized spacial score (nSPS) is 41.3. The van der Waals surface area contributed by atoms with E-state index in [1.54, 1.807) is 6.07 Å². The van der Waals surface area contributed by atoms with E-state index in [4.69, 9.17) is 0 Å². The second-order valence-electron chi connectivity index (χ2n) is 7.41.